The number of allylic oxidation sites excluding steroid dienone is 2. The summed E-state index contributed by atoms with van der Waals surface area (Å²) in [6, 6.07) is 2.37. The number of hydrogen-bond acceptors (Lipinski definition) is 2. The van der Waals surface area contributed by atoms with E-state index in [2.05, 4.69) is 49.4 Å². The Kier molecular flexibility index (Phi) is 4.64. The van der Waals surface area contributed by atoms with Crippen LogP contribution in [0.5, 0.6) is 0 Å². The minimum atomic E-state index is 0.283. The average molecular weight is 393 g/mol. The molecule has 1 aliphatic heterocycles. The molecule has 4 aliphatic rings. The number of amides is 1. The van der Waals surface area contributed by atoms with Crippen LogP contribution in [-0.4, -0.2) is 17.4 Å². The molecule has 2 saturated carbocycles. The molecule has 156 valence electrons. The lowest BCUT2D eigenvalue weighted by atomic mass is 9.46. The van der Waals surface area contributed by atoms with Crippen molar-refractivity contribution in [3.63, 3.8) is 0 Å². The van der Waals surface area contributed by atoms with E-state index in [0.29, 0.717) is 11.3 Å². The van der Waals surface area contributed by atoms with Crippen LogP contribution in [0.4, 0.5) is 0 Å². The minimum Gasteiger partial charge on any atom is -0.356 e. The number of pyridine rings is 1. The summed E-state index contributed by atoms with van der Waals surface area (Å²) in [5, 5.41) is 3.16. The van der Waals surface area contributed by atoms with E-state index in [1.54, 1.807) is 5.57 Å². The van der Waals surface area contributed by atoms with Crippen molar-refractivity contribution in [3.05, 3.63) is 35.7 Å². The first-order chi connectivity index (χ1) is 14.0. The van der Waals surface area contributed by atoms with Gasteiger partial charge in [-0.15, -0.1) is 0 Å². The average Bonchev–Trinajstić information content (AvgIpc) is 2.99. The zero-order valence-electron chi connectivity index (χ0n) is 18.3. The number of carbonyl (C=O) groups excluding carboxylic acids is 1. The van der Waals surface area contributed by atoms with Crippen LogP contribution in [0.1, 0.15) is 76.8 Å². The second-order valence-corrected chi connectivity index (χ2v) is 10.7. The van der Waals surface area contributed by atoms with Crippen molar-refractivity contribution >= 4 is 11.5 Å². The molecule has 0 aromatic carbocycles. The fourth-order valence-electron chi connectivity index (χ4n) is 7.87. The number of aryl methyl sites for hydroxylation is 1. The van der Waals surface area contributed by atoms with Gasteiger partial charge in [-0.25, -0.2) is 0 Å². The summed E-state index contributed by atoms with van der Waals surface area (Å²) in [5.41, 5.74) is 4.88. The first kappa shape index (κ1) is 19.3. The highest BCUT2D eigenvalue weighted by atomic mass is 16.1. The number of aromatic nitrogens is 1. The first-order valence-electron chi connectivity index (χ1n) is 11.9. The van der Waals surface area contributed by atoms with Gasteiger partial charge in [0.05, 0.1) is 0 Å². The summed E-state index contributed by atoms with van der Waals surface area (Å²) in [5.74, 6) is 3.20. The van der Waals surface area contributed by atoms with Crippen LogP contribution in [0.25, 0.3) is 5.57 Å². The summed E-state index contributed by atoms with van der Waals surface area (Å²) < 4.78 is 0. The summed E-state index contributed by atoms with van der Waals surface area (Å²) in [6.07, 6.45) is 16.0. The van der Waals surface area contributed by atoms with E-state index >= 15 is 0 Å². The fourth-order valence-corrected chi connectivity index (χ4v) is 7.87. The number of carbonyl (C=O) groups is 1. The highest BCUT2D eigenvalue weighted by molar-refractivity contribution is 5.76. The van der Waals surface area contributed by atoms with Crippen molar-refractivity contribution < 1.29 is 4.79 Å². The van der Waals surface area contributed by atoms with Gasteiger partial charge in [-0.05, 0) is 102 Å². The smallest absolute Gasteiger partial charge is 0.220 e. The standard InChI is InChI=1S/C26H36N2O/c1-4-17-13-18(16-27-15-17)21-7-8-22-20-6-5-19-14-24(29)28-12-11-25(19,2)23(20)9-10-26(21,22)3/h7,13,15-16,19-20,22-23H,4-6,8-12,14H2,1-3H3,(H,28,29)/t19-,20-,22-,23-,25-,26+/m0/s1. The lowest BCUT2D eigenvalue weighted by Gasteiger charge is -2.58. The van der Waals surface area contributed by atoms with Crippen LogP contribution < -0.4 is 5.32 Å². The molecule has 3 nitrogen and oxygen atoms in total. The zero-order valence-corrected chi connectivity index (χ0v) is 18.3. The van der Waals surface area contributed by atoms with Crippen molar-refractivity contribution in [2.45, 2.75) is 72.1 Å². The maximum Gasteiger partial charge on any atom is 0.220 e. The van der Waals surface area contributed by atoms with Crippen molar-refractivity contribution in [3.8, 4) is 0 Å². The molecule has 1 saturated heterocycles. The molecular weight excluding hydrogens is 356 g/mol. The minimum absolute atomic E-state index is 0.283. The Bertz CT molecular complexity index is 845. The topological polar surface area (TPSA) is 42.0 Å². The lowest BCUT2D eigenvalue weighted by molar-refractivity contribution is -0.124. The zero-order chi connectivity index (χ0) is 20.2. The summed E-state index contributed by atoms with van der Waals surface area (Å²) >= 11 is 0. The second kappa shape index (κ2) is 6.96. The predicted molar refractivity (Wildman–Crippen MR) is 117 cm³/mol. The molecular formula is C26H36N2O. The summed E-state index contributed by atoms with van der Waals surface area (Å²) in [6.45, 7) is 8.15. The lowest BCUT2D eigenvalue weighted by Crippen LogP contribution is -2.51. The highest BCUT2D eigenvalue weighted by Crippen LogP contribution is 2.66. The molecule has 3 fully saturated rings. The molecule has 1 N–H and O–H groups in total. The number of nitrogens with one attached hydrogen (secondary N) is 1. The third kappa shape index (κ3) is 2.91. The molecule has 0 spiro atoms. The Balaban J connectivity index is 1.44. The normalized spacial score (nSPS) is 41.5. The van der Waals surface area contributed by atoms with Gasteiger partial charge in [-0.2, -0.15) is 0 Å². The van der Waals surface area contributed by atoms with E-state index in [-0.39, 0.29) is 11.3 Å². The number of rotatable bonds is 2. The van der Waals surface area contributed by atoms with E-state index in [1.807, 2.05) is 6.20 Å². The fraction of sp³-hybridized carbons (Fsp3) is 0.692. The molecule has 1 amide bonds. The predicted octanol–water partition coefficient (Wildman–Crippen LogP) is 5.41. The Hall–Kier alpha value is -1.64. The van der Waals surface area contributed by atoms with E-state index in [1.165, 1.54) is 43.2 Å². The van der Waals surface area contributed by atoms with Gasteiger partial charge in [-0.1, -0.05) is 26.8 Å². The van der Waals surface area contributed by atoms with E-state index < -0.39 is 0 Å². The maximum absolute atomic E-state index is 12.2. The van der Waals surface area contributed by atoms with Crippen molar-refractivity contribution in [1.82, 2.24) is 10.3 Å². The van der Waals surface area contributed by atoms with Crippen LogP contribution >= 0.6 is 0 Å². The Morgan fingerprint density at radius 2 is 2.00 bits per heavy atom. The second-order valence-electron chi connectivity index (χ2n) is 10.7. The van der Waals surface area contributed by atoms with Gasteiger partial charge >= 0.3 is 0 Å². The molecule has 0 radical (unpaired) electrons. The van der Waals surface area contributed by atoms with Crippen LogP contribution in [0.2, 0.25) is 0 Å². The summed E-state index contributed by atoms with van der Waals surface area (Å²) in [4.78, 5) is 16.8. The summed E-state index contributed by atoms with van der Waals surface area (Å²) in [7, 11) is 0. The van der Waals surface area contributed by atoms with Gasteiger partial charge < -0.3 is 5.32 Å². The van der Waals surface area contributed by atoms with Crippen molar-refractivity contribution in [1.29, 1.82) is 0 Å². The van der Waals surface area contributed by atoms with E-state index in [9.17, 15) is 4.79 Å². The molecule has 3 heteroatoms. The number of hydrogen-bond donors (Lipinski definition) is 1. The van der Waals surface area contributed by atoms with Gasteiger partial charge in [0.15, 0.2) is 0 Å². The molecule has 2 heterocycles. The Labute approximate surface area is 175 Å². The van der Waals surface area contributed by atoms with Gasteiger partial charge in [0.1, 0.15) is 0 Å². The van der Waals surface area contributed by atoms with Crippen molar-refractivity contribution in [2.75, 3.05) is 6.54 Å². The third-order valence-electron chi connectivity index (χ3n) is 9.58. The van der Waals surface area contributed by atoms with Crippen LogP contribution in [-0.2, 0) is 11.2 Å². The van der Waals surface area contributed by atoms with Crippen molar-refractivity contribution in [2.24, 2.45) is 34.5 Å². The number of nitrogens with zero attached hydrogens (tertiary/aromatic N) is 1. The first-order valence-corrected chi connectivity index (χ1v) is 11.9. The third-order valence-corrected chi connectivity index (χ3v) is 9.58. The van der Waals surface area contributed by atoms with Gasteiger partial charge in [0, 0.05) is 25.4 Å². The van der Waals surface area contributed by atoms with Crippen LogP contribution in [0, 0.1) is 34.5 Å². The highest BCUT2D eigenvalue weighted by Gasteiger charge is 2.58. The van der Waals surface area contributed by atoms with Gasteiger partial charge in [0.2, 0.25) is 5.91 Å². The molecule has 5 rings (SSSR count). The largest absolute Gasteiger partial charge is 0.356 e. The number of fused-ring (bicyclic) bond motifs is 5. The Morgan fingerprint density at radius 3 is 2.83 bits per heavy atom. The molecule has 0 bridgehead atoms. The van der Waals surface area contributed by atoms with Gasteiger partial charge in [-0.3, -0.25) is 9.78 Å². The van der Waals surface area contributed by atoms with E-state index in [4.69, 9.17) is 0 Å². The van der Waals surface area contributed by atoms with E-state index in [0.717, 1.165) is 43.6 Å². The maximum atomic E-state index is 12.2. The molecule has 6 atom stereocenters. The molecule has 29 heavy (non-hydrogen) atoms. The molecule has 3 aliphatic carbocycles. The van der Waals surface area contributed by atoms with Gasteiger partial charge in [0.25, 0.3) is 0 Å². The monoisotopic (exact) mass is 392 g/mol. The molecule has 1 aromatic heterocycles. The quantitative estimate of drug-likeness (QED) is 0.731. The van der Waals surface area contributed by atoms with Crippen LogP contribution in [0.15, 0.2) is 24.5 Å². The SMILES string of the molecule is CCc1cncc(C2=CC[C@H]3[C@@H]4CC[C@H]5CC(=O)NCC[C@]5(C)[C@H]4CC[C@]23C)c1. The Morgan fingerprint density at radius 1 is 1.14 bits per heavy atom. The van der Waals surface area contributed by atoms with Crippen LogP contribution in [0.3, 0.4) is 0 Å². The molecule has 1 aromatic rings. The molecule has 0 unspecified atom stereocenters.